The van der Waals surface area contributed by atoms with Crippen LogP contribution in [0.3, 0.4) is 0 Å². The van der Waals surface area contributed by atoms with Gasteiger partial charge in [0.15, 0.2) is 5.82 Å². The molecule has 0 aliphatic carbocycles. The molecule has 0 aliphatic rings. The van der Waals surface area contributed by atoms with Crippen LogP contribution in [-0.2, 0) is 13.0 Å². The van der Waals surface area contributed by atoms with Gasteiger partial charge in [0, 0.05) is 24.1 Å². The molecule has 0 radical (unpaired) electrons. The second kappa shape index (κ2) is 9.08. The summed E-state index contributed by atoms with van der Waals surface area (Å²) in [6.07, 6.45) is 7.56. The number of thioether (sulfide) groups is 1. The standard InChI is InChI=1S/C21H28N4S/c1-3-10-18-24-19-20(16(2)15-23-21(19)22)25(18)13-8-5-9-14-26-17-11-6-4-7-12-17/h4,6-7,11-12,15H,3,5,8-10,13-14H2,1-2H3,(H2,22,23). The minimum Gasteiger partial charge on any atom is -0.382 e. The highest BCUT2D eigenvalue weighted by Gasteiger charge is 2.14. The van der Waals surface area contributed by atoms with E-state index in [1.807, 2.05) is 18.0 Å². The SMILES string of the molecule is CCCc1nc2c(N)ncc(C)c2n1CCCCCSc1ccccc1. The average molecular weight is 369 g/mol. The third-order valence-corrected chi connectivity index (χ3v) is 5.67. The maximum absolute atomic E-state index is 6.06. The molecule has 0 unspecified atom stereocenters. The van der Waals surface area contributed by atoms with Crippen LogP contribution in [0.1, 0.15) is 44.0 Å². The number of unbranched alkanes of at least 4 members (excludes halogenated alkanes) is 2. The topological polar surface area (TPSA) is 56.7 Å². The van der Waals surface area contributed by atoms with Gasteiger partial charge in [0.2, 0.25) is 0 Å². The summed E-state index contributed by atoms with van der Waals surface area (Å²) in [5.74, 6) is 2.86. The van der Waals surface area contributed by atoms with E-state index >= 15 is 0 Å². The molecule has 2 aromatic heterocycles. The molecular weight excluding hydrogens is 340 g/mol. The van der Waals surface area contributed by atoms with Crippen LogP contribution in [0.25, 0.3) is 11.0 Å². The number of aromatic nitrogens is 3. The highest BCUT2D eigenvalue weighted by atomic mass is 32.2. The van der Waals surface area contributed by atoms with Crippen LogP contribution < -0.4 is 5.73 Å². The van der Waals surface area contributed by atoms with Crippen molar-refractivity contribution in [3.63, 3.8) is 0 Å². The van der Waals surface area contributed by atoms with Crippen molar-refractivity contribution in [2.45, 2.75) is 57.4 Å². The first-order chi connectivity index (χ1) is 12.7. The number of rotatable bonds is 9. The lowest BCUT2D eigenvalue weighted by Crippen LogP contribution is -2.05. The summed E-state index contributed by atoms with van der Waals surface area (Å²) in [6, 6.07) is 10.6. The van der Waals surface area contributed by atoms with E-state index in [-0.39, 0.29) is 0 Å². The minimum absolute atomic E-state index is 0.543. The molecule has 5 heteroatoms. The maximum atomic E-state index is 6.06. The van der Waals surface area contributed by atoms with Gasteiger partial charge in [-0.05, 0) is 49.6 Å². The van der Waals surface area contributed by atoms with Gasteiger partial charge in [0.25, 0.3) is 0 Å². The van der Waals surface area contributed by atoms with E-state index in [2.05, 4.69) is 53.7 Å². The van der Waals surface area contributed by atoms with E-state index in [0.29, 0.717) is 5.82 Å². The fourth-order valence-electron chi connectivity index (χ4n) is 3.28. The third-order valence-electron chi connectivity index (χ3n) is 4.57. The van der Waals surface area contributed by atoms with Gasteiger partial charge in [-0.3, -0.25) is 0 Å². The first-order valence-electron chi connectivity index (χ1n) is 9.48. The molecule has 0 amide bonds. The third kappa shape index (κ3) is 4.39. The number of hydrogen-bond donors (Lipinski definition) is 1. The zero-order valence-corrected chi connectivity index (χ0v) is 16.6. The summed E-state index contributed by atoms with van der Waals surface area (Å²) in [5, 5.41) is 0. The molecule has 2 N–H and O–H groups in total. The lowest BCUT2D eigenvalue weighted by atomic mass is 10.2. The van der Waals surface area contributed by atoms with Gasteiger partial charge in [0.1, 0.15) is 11.3 Å². The predicted molar refractivity (Wildman–Crippen MR) is 112 cm³/mol. The van der Waals surface area contributed by atoms with Crippen molar-refractivity contribution in [3.05, 3.63) is 47.9 Å². The van der Waals surface area contributed by atoms with Gasteiger partial charge in [-0.15, -0.1) is 11.8 Å². The number of nitrogen functional groups attached to an aromatic ring is 1. The van der Waals surface area contributed by atoms with Gasteiger partial charge in [0.05, 0.1) is 5.52 Å². The van der Waals surface area contributed by atoms with E-state index in [4.69, 9.17) is 10.7 Å². The van der Waals surface area contributed by atoms with Crippen molar-refractivity contribution in [1.29, 1.82) is 0 Å². The summed E-state index contributed by atoms with van der Waals surface area (Å²) < 4.78 is 2.37. The fraction of sp³-hybridized carbons (Fsp3) is 0.429. The average Bonchev–Trinajstić information content (AvgIpc) is 3.02. The molecule has 0 saturated heterocycles. The van der Waals surface area contributed by atoms with Gasteiger partial charge in [-0.2, -0.15) is 0 Å². The van der Waals surface area contributed by atoms with Crippen LogP contribution in [0, 0.1) is 6.92 Å². The molecule has 1 aromatic carbocycles. The second-order valence-electron chi connectivity index (χ2n) is 6.68. The largest absolute Gasteiger partial charge is 0.382 e. The van der Waals surface area contributed by atoms with Crippen molar-refractivity contribution in [1.82, 2.24) is 14.5 Å². The Balaban J connectivity index is 1.59. The number of benzene rings is 1. The van der Waals surface area contributed by atoms with Gasteiger partial charge < -0.3 is 10.3 Å². The maximum Gasteiger partial charge on any atom is 0.151 e. The Morgan fingerprint density at radius 3 is 2.69 bits per heavy atom. The Morgan fingerprint density at radius 1 is 1.12 bits per heavy atom. The number of nitrogens with zero attached hydrogens (tertiary/aromatic N) is 3. The fourth-order valence-corrected chi connectivity index (χ4v) is 4.21. The van der Waals surface area contributed by atoms with E-state index in [9.17, 15) is 0 Å². The highest BCUT2D eigenvalue weighted by Crippen LogP contribution is 2.25. The van der Waals surface area contributed by atoms with Crippen LogP contribution in [0.15, 0.2) is 41.4 Å². The molecule has 4 nitrogen and oxygen atoms in total. The lowest BCUT2D eigenvalue weighted by Gasteiger charge is -2.10. The van der Waals surface area contributed by atoms with Gasteiger partial charge in [-0.1, -0.05) is 31.5 Å². The lowest BCUT2D eigenvalue weighted by molar-refractivity contribution is 0.589. The van der Waals surface area contributed by atoms with E-state index in [1.165, 1.54) is 35.4 Å². The Hall–Kier alpha value is -2.01. The van der Waals surface area contributed by atoms with Gasteiger partial charge in [-0.25, -0.2) is 9.97 Å². The molecular formula is C21H28N4S. The zero-order valence-electron chi connectivity index (χ0n) is 15.7. The molecule has 0 spiro atoms. The number of pyridine rings is 1. The molecule has 3 aromatic rings. The van der Waals surface area contributed by atoms with E-state index in [1.54, 1.807) is 0 Å². The summed E-state index contributed by atoms with van der Waals surface area (Å²) in [7, 11) is 0. The van der Waals surface area contributed by atoms with Crippen LogP contribution in [0.5, 0.6) is 0 Å². The first-order valence-corrected chi connectivity index (χ1v) is 10.5. The number of fused-ring (bicyclic) bond motifs is 1. The summed E-state index contributed by atoms with van der Waals surface area (Å²) in [4.78, 5) is 10.4. The molecule has 0 fully saturated rings. The molecule has 0 bridgehead atoms. The molecule has 0 aliphatic heterocycles. The van der Waals surface area contributed by atoms with Gasteiger partial charge >= 0.3 is 0 Å². The van der Waals surface area contributed by atoms with Crippen LogP contribution >= 0.6 is 11.8 Å². The van der Waals surface area contributed by atoms with Crippen LogP contribution in [0.2, 0.25) is 0 Å². The number of nitrogens with two attached hydrogens (primary N) is 1. The number of imidazole rings is 1. The molecule has 138 valence electrons. The monoisotopic (exact) mass is 368 g/mol. The zero-order chi connectivity index (χ0) is 18.4. The van der Waals surface area contributed by atoms with Crippen LogP contribution in [-0.4, -0.2) is 20.3 Å². The smallest absolute Gasteiger partial charge is 0.151 e. The quantitative estimate of drug-likeness (QED) is 0.415. The first kappa shape index (κ1) is 18.8. The minimum atomic E-state index is 0.543. The highest BCUT2D eigenvalue weighted by molar-refractivity contribution is 7.99. The Morgan fingerprint density at radius 2 is 1.92 bits per heavy atom. The van der Waals surface area contributed by atoms with E-state index in [0.717, 1.165) is 36.3 Å². The molecule has 2 heterocycles. The Kier molecular flexibility index (Phi) is 6.56. The Labute approximate surface area is 160 Å². The van der Waals surface area contributed by atoms with Crippen LogP contribution in [0.4, 0.5) is 5.82 Å². The normalized spacial score (nSPS) is 11.3. The number of anilines is 1. The molecule has 0 saturated carbocycles. The van der Waals surface area contributed by atoms with Crippen molar-refractivity contribution >= 4 is 28.6 Å². The Bertz CT molecular complexity index is 842. The summed E-state index contributed by atoms with van der Waals surface area (Å²) in [5.41, 5.74) is 9.25. The van der Waals surface area contributed by atoms with E-state index < -0.39 is 0 Å². The van der Waals surface area contributed by atoms with Crippen molar-refractivity contribution in [2.24, 2.45) is 0 Å². The van der Waals surface area contributed by atoms with Crippen molar-refractivity contribution < 1.29 is 0 Å². The van der Waals surface area contributed by atoms with Crippen molar-refractivity contribution in [3.8, 4) is 0 Å². The number of hydrogen-bond acceptors (Lipinski definition) is 4. The molecule has 26 heavy (non-hydrogen) atoms. The molecule has 3 rings (SSSR count). The number of aryl methyl sites for hydroxylation is 3. The summed E-state index contributed by atoms with van der Waals surface area (Å²) >= 11 is 1.94. The second-order valence-corrected chi connectivity index (χ2v) is 7.84. The molecule has 0 atom stereocenters. The predicted octanol–water partition coefficient (Wildman–Crippen LogP) is 5.24. The van der Waals surface area contributed by atoms with Crippen molar-refractivity contribution in [2.75, 3.05) is 11.5 Å². The summed E-state index contributed by atoms with van der Waals surface area (Å²) in [6.45, 7) is 5.30.